The molecule has 0 saturated heterocycles. The number of hydrogen-bond acceptors (Lipinski definition) is 3. The Morgan fingerprint density at radius 1 is 1.08 bits per heavy atom. The predicted octanol–water partition coefficient (Wildman–Crippen LogP) is 4.26. The first kappa shape index (κ1) is 17.8. The van der Waals surface area contributed by atoms with Gasteiger partial charge in [0.05, 0.1) is 12.8 Å². The zero-order valence-electron chi connectivity index (χ0n) is 13.0. The number of rotatable bonds is 4. The second kappa shape index (κ2) is 7.85. The third-order valence-corrected chi connectivity index (χ3v) is 3.54. The molecule has 0 atom stereocenters. The summed E-state index contributed by atoms with van der Waals surface area (Å²) in [6, 6.07) is 9.61. The standard InChI is InChI=1S/C16H15ClN3O3S/c1-9(21)18-10-3-5-11(6-4-10)19-16(24)20-13-7-12(22)8-14(23-2)15(13)17/h3-8H,1-2H3,(H,18,21)(H2,19,20,24). The van der Waals surface area contributed by atoms with Crippen molar-refractivity contribution in [1.29, 1.82) is 0 Å². The van der Waals surface area contributed by atoms with Gasteiger partial charge in [0.1, 0.15) is 10.8 Å². The normalized spacial score (nSPS) is 9.96. The molecular weight excluding hydrogens is 350 g/mol. The van der Waals surface area contributed by atoms with Crippen LogP contribution in [0.2, 0.25) is 5.02 Å². The molecule has 2 aromatic rings. The van der Waals surface area contributed by atoms with Crippen LogP contribution in [-0.2, 0) is 9.90 Å². The second-order valence-electron chi connectivity index (χ2n) is 4.82. The van der Waals surface area contributed by atoms with Crippen molar-refractivity contribution in [3.8, 4) is 11.5 Å². The van der Waals surface area contributed by atoms with Gasteiger partial charge in [-0.1, -0.05) is 11.6 Å². The molecule has 0 aliphatic rings. The average molecular weight is 365 g/mol. The Hall–Kier alpha value is -2.51. The summed E-state index contributed by atoms with van der Waals surface area (Å²) in [5, 5.41) is 20.6. The van der Waals surface area contributed by atoms with Gasteiger partial charge in [-0.2, -0.15) is 0 Å². The zero-order chi connectivity index (χ0) is 17.7. The lowest BCUT2D eigenvalue weighted by molar-refractivity contribution is -0.114. The van der Waals surface area contributed by atoms with Gasteiger partial charge in [0, 0.05) is 30.4 Å². The molecule has 1 amide bonds. The van der Waals surface area contributed by atoms with E-state index in [9.17, 15) is 9.90 Å². The fourth-order valence-electron chi connectivity index (χ4n) is 1.94. The van der Waals surface area contributed by atoms with E-state index >= 15 is 0 Å². The zero-order valence-corrected chi connectivity index (χ0v) is 14.5. The quantitative estimate of drug-likeness (QED) is 0.706. The molecule has 24 heavy (non-hydrogen) atoms. The van der Waals surface area contributed by atoms with Gasteiger partial charge in [-0.05, 0) is 36.5 Å². The minimum absolute atomic E-state index is 0.144. The first-order valence-corrected chi connectivity index (χ1v) is 7.68. The highest BCUT2D eigenvalue weighted by Gasteiger charge is 2.11. The van der Waals surface area contributed by atoms with E-state index in [1.54, 1.807) is 24.3 Å². The van der Waals surface area contributed by atoms with E-state index in [2.05, 4.69) is 16.0 Å². The maximum atomic E-state index is 11.6. The predicted molar refractivity (Wildman–Crippen MR) is 98.7 cm³/mol. The third-order valence-electron chi connectivity index (χ3n) is 2.94. The summed E-state index contributed by atoms with van der Waals surface area (Å²) in [5.74, 6) is -0.121. The lowest BCUT2D eigenvalue weighted by Crippen LogP contribution is -2.19. The molecule has 125 valence electrons. The highest BCUT2D eigenvalue weighted by Crippen LogP contribution is 2.36. The molecule has 6 nitrogen and oxygen atoms in total. The van der Waals surface area contributed by atoms with Gasteiger partial charge in [-0.15, -0.1) is 0 Å². The fourth-order valence-corrected chi connectivity index (χ4v) is 2.40. The SMILES string of the molecule is COc1cc([O])cc(NC(=S)Nc2ccc(NC(C)=O)cc2)c1Cl. The number of carbonyl (C=O) groups excluding carboxylic acids is 1. The van der Waals surface area contributed by atoms with E-state index < -0.39 is 0 Å². The molecule has 2 aromatic carbocycles. The van der Waals surface area contributed by atoms with Crippen LogP contribution in [0.5, 0.6) is 11.5 Å². The molecule has 0 unspecified atom stereocenters. The molecule has 3 N–H and O–H groups in total. The summed E-state index contributed by atoms with van der Waals surface area (Å²) in [6.45, 7) is 1.44. The van der Waals surface area contributed by atoms with Crippen molar-refractivity contribution in [2.75, 3.05) is 23.1 Å². The van der Waals surface area contributed by atoms with Crippen LogP contribution in [0.1, 0.15) is 6.92 Å². The summed E-state index contributed by atoms with van der Waals surface area (Å²) in [6.07, 6.45) is 0. The summed E-state index contributed by atoms with van der Waals surface area (Å²) in [5.41, 5.74) is 1.75. The number of anilines is 3. The van der Waals surface area contributed by atoms with E-state index in [0.717, 1.165) is 0 Å². The number of thiocarbonyl (C=S) groups is 1. The molecule has 0 bridgehead atoms. The molecule has 0 aromatic heterocycles. The lowest BCUT2D eigenvalue weighted by Gasteiger charge is -2.14. The molecule has 0 aliphatic carbocycles. The molecule has 0 fully saturated rings. The van der Waals surface area contributed by atoms with Gasteiger partial charge < -0.3 is 20.7 Å². The lowest BCUT2D eigenvalue weighted by atomic mass is 10.2. The number of methoxy groups -OCH3 is 1. The number of benzene rings is 2. The summed E-state index contributed by atoms with van der Waals surface area (Å²) < 4.78 is 5.04. The van der Waals surface area contributed by atoms with E-state index in [-0.39, 0.29) is 27.5 Å². The van der Waals surface area contributed by atoms with Gasteiger partial charge in [-0.3, -0.25) is 9.90 Å². The molecule has 8 heteroatoms. The maximum absolute atomic E-state index is 11.6. The molecule has 0 aliphatic heterocycles. The van der Waals surface area contributed by atoms with Gasteiger partial charge in [0.25, 0.3) is 0 Å². The van der Waals surface area contributed by atoms with Crippen LogP contribution in [0.25, 0.3) is 0 Å². The van der Waals surface area contributed by atoms with Crippen molar-refractivity contribution in [3.05, 3.63) is 41.4 Å². The van der Waals surface area contributed by atoms with Gasteiger partial charge in [0.15, 0.2) is 10.9 Å². The Labute approximate surface area is 149 Å². The fraction of sp³-hybridized carbons (Fsp3) is 0.125. The van der Waals surface area contributed by atoms with Crippen LogP contribution in [0.15, 0.2) is 36.4 Å². The third kappa shape index (κ3) is 4.74. The Balaban J connectivity index is 2.06. The summed E-state index contributed by atoms with van der Waals surface area (Å²) >= 11 is 11.4. The van der Waals surface area contributed by atoms with E-state index in [0.29, 0.717) is 17.1 Å². The number of halogens is 1. The molecule has 0 heterocycles. The number of hydrogen-bond donors (Lipinski definition) is 3. The van der Waals surface area contributed by atoms with Crippen molar-refractivity contribution < 1.29 is 14.6 Å². The molecule has 2 rings (SSSR count). The highest BCUT2D eigenvalue weighted by atomic mass is 35.5. The largest absolute Gasteiger partial charge is 0.495 e. The maximum Gasteiger partial charge on any atom is 0.221 e. The minimum Gasteiger partial charge on any atom is -0.495 e. The number of amides is 1. The first-order chi connectivity index (χ1) is 11.4. The van der Waals surface area contributed by atoms with Crippen molar-refractivity contribution in [1.82, 2.24) is 0 Å². The average Bonchev–Trinajstić information content (AvgIpc) is 2.52. The van der Waals surface area contributed by atoms with Gasteiger partial charge in [-0.25, -0.2) is 0 Å². The van der Waals surface area contributed by atoms with Crippen molar-refractivity contribution in [2.45, 2.75) is 6.92 Å². The first-order valence-electron chi connectivity index (χ1n) is 6.89. The van der Waals surface area contributed by atoms with Crippen molar-refractivity contribution in [3.63, 3.8) is 0 Å². The van der Waals surface area contributed by atoms with Crippen molar-refractivity contribution >= 4 is 51.9 Å². The van der Waals surface area contributed by atoms with E-state index in [4.69, 9.17) is 28.6 Å². The van der Waals surface area contributed by atoms with Crippen LogP contribution >= 0.6 is 23.8 Å². The number of ether oxygens (including phenoxy) is 1. The number of carbonyl (C=O) groups is 1. The van der Waals surface area contributed by atoms with Gasteiger partial charge in [0.2, 0.25) is 5.91 Å². The Bertz CT molecular complexity index is 766. The van der Waals surface area contributed by atoms with Crippen LogP contribution in [0.4, 0.5) is 17.1 Å². The Kier molecular flexibility index (Phi) is 5.83. The highest BCUT2D eigenvalue weighted by molar-refractivity contribution is 7.80. The Morgan fingerprint density at radius 2 is 1.67 bits per heavy atom. The molecule has 0 saturated carbocycles. The van der Waals surface area contributed by atoms with Crippen LogP contribution in [0, 0.1) is 0 Å². The van der Waals surface area contributed by atoms with Gasteiger partial charge >= 0.3 is 0 Å². The van der Waals surface area contributed by atoms with Crippen LogP contribution in [-0.4, -0.2) is 18.1 Å². The molecular formula is C16H15ClN3O3S. The number of nitrogens with one attached hydrogen (secondary N) is 3. The topological polar surface area (TPSA) is 82.3 Å². The van der Waals surface area contributed by atoms with E-state index in [1.165, 1.54) is 26.2 Å². The smallest absolute Gasteiger partial charge is 0.221 e. The Morgan fingerprint density at radius 3 is 2.21 bits per heavy atom. The van der Waals surface area contributed by atoms with Crippen molar-refractivity contribution in [2.24, 2.45) is 0 Å². The monoisotopic (exact) mass is 364 g/mol. The van der Waals surface area contributed by atoms with E-state index in [1.807, 2.05) is 0 Å². The summed E-state index contributed by atoms with van der Waals surface area (Å²) in [4.78, 5) is 11.0. The van der Waals surface area contributed by atoms with Crippen LogP contribution < -0.4 is 20.7 Å². The minimum atomic E-state index is -0.249. The summed E-state index contributed by atoms with van der Waals surface area (Å²) in [7, 11) is 1.43. The second-order valence-corrected chi connectivity index (χ2v) is 5.61. The molecule has 0 spiro atoms. The molecule has 1 radical (unpaired) electrons. The van der Waals surface area contributed by atoms with Crippen LogP contribution in [0.3, 0.4) is 0 Å².